The molecule has 0 amide bonds. The molecular formula is C26H56N2. The molecule has 0 radical (unpaired) electrons. The van der Waals surface area contributed by atoms with Gasteiger partial charge in [-0.1, -0.05) is 142 Å². The molecule has 2 atom stereocenters. The van der Waals surface area contributed by atoms with Gasteiger partial charge in [0.15, 0.2) is 0 Å². The Bertz CT molecular complexity index is 252. The van der Waals surface area contributed by atoms with Crippen molar-refractivity contribution in [2.45, 2.75) is 167 Å². The summed E-state index contributed by atoms with van der Waals surface area (Å²) in [7, 11) is 0. The summed E-state index contributed by atoms with van der Waals surface area (Å²) >= 11 is 0. The first-order chi connectivity index (χ1) is 13.7. The summed E-state index contributed by atoms with van der Waals surface area (Å²) in [5.41, 5.74) is 12.6. The van der Waals surface area contributed by atoms with Crippen LogP contribution in [0.15, 0.2) is 0 Å². The van der Waals surface area contributed by atoms with Crippen molar-refractivity contribution < 1.29 is 0 Å². The highest BCUT2D eigenvalue weighted by Crippen LogP contribution is 2.15. The van der Waals surface area contributed by atoms with Crippen LogP contribution in [0.1, 0.15) is 155 Å². The molecule has 0 bridgehead atoms. The molecule has 28 heavy (non-hydrogen) atoms. The van der Waals surface area contributed by atoms with E-state index in [0.29, 0.717) is 0 Å². The minimum absolute atomic E-state index is 0.215. The molecular weight excluding hydrogens is 340 g/mol. The van der Waals surface area contributed by atoms with Crippen molar-refractivity contribution in [3.63, 3.8) is 0 Å². The predicted molar refractivity (Wildman–Crippen MR) is 129 cm³/mol. The minimum atomic E-state index is 0.215. The van der Waals surface area contributed by atoms with E-state index in [2.05, 4.69) is 13.8 Å². The number of nitrogens with two attached hydrogens (primary N) is 2. The Morgan fingerprint density at radius 3 is 0.821 bits per heavy atom. The van der Waals surface area contributed by atoms with E-state index in [1.807, 2.05) is 0 Å². The molecule has 2 heteroatoms. The normalized spacial score (nSPS) is 13.7. The number of hydrogen-bond donors (Lipinski definition) is 2. The molecule has 0 aromatic carbocycles. The van der Waals surface area contributed by atoms with Gasteiger partial charge in [0.25, 0.3) is 0 Å². The Morgan fingerprint density at radius 1 is 0.357 bits per heavy atom. The van der Waals surface area contributed by atoms with Crippen molar-refractivity contribution in [2.75, 3.05) is 0 Å². The molecule has 0 aliphatic heterocycles. The van der Waals surface area contributed by atoms with Gasteiger partial charge in [0.05, 0.1) is 0 Å². The summed E-state index contributed by atoms with van der Waals surface area (Å²) in [6, 6.07) is 0.431. The van der Waals surface area contributed by atoms with E-state index in [4.69, 9.17) is 11.5 Å². The van der Waals surface area contributed by atoms with Crippen LogP contribution in [0, 0.1) is 0 Å². The summed E-state index contributed by atoms with van der Waals surface area (Å²) in [5, 5.41) is 0. The van der Waals surface area contributed by atoms with Gasteiger partial charge in [-0.25, -0.2) is 0 Å². The average Bonchev–Trinajstić information content (AvgIpc) is 2.70. The molecule has 0 heterocycles. The molecule has 2 nitrogen and oxygen atoms in total. The van der Waals surface area contributed by atoms with Crippen LogP contribution < -0.4 is 11.5 Å². The molecule has 0 aromatic rings. The largest absolute Gasteiger partial charge is 0.326 e. The lowest BCUT2D eigenvalue weighted by Crippen LogP contribution is -2.41. The standard InChI is InChI=1S/C26H56N2/c1-3-5-7-9-11-13-15-17-19-21-23-25(27)26(28)24-22-20-18-16-14-12-10-8-6-4-2/h25-26H,3-24,27-28H2,1-2H3. The first kappa shape index (κ1) is 27.9. The lowest BCUT2D eigenvalue weighted by atomic mass is 9.96. The van der Waals surface area contributed by atoms with Gasteiger partial charge in [0, 0.05) is 12.1 Å². The molecule has 0 aliphatic carbocycles. The summed E-state index contributed by atoms with van der Waals surface area (Å²) in [6.07, 6.45) is 30.0. The van der Waals surface area contributed by atoms with Crippen LogP contribution in [-0.2, 0) is 0 Å². The van der Waals surface area contributed by atoms with Gasteiger partial charge in [-0.05, 0) is 12.8 Å². The van der Waals surface area contributed by atoms with Crippen molar-refractivity contribution >= 4 is 0 Å². The molecule has 0 aliphatic rings. The predicted octanol–water partition coefficient (Wildman–Crippen LogP) is 8.26. The van der Waals surface area contributed by atoms with Gasteiger partial charge in [0.1, 0.15) is 0 Å². The fourth-order valence-corrected chi connectivity index (χ4v) is 4.16. The highest BCUT2D eigenvalue weighted by Gasteiger charge is 2.12. The monoisotopic (exact) mass is 396 g/mol. The maximum atomic E-state index is 6.32. The van der Waals surface area contributed by atoms with Gasteiger partial charge in [-0.15, -0.1) is 0 Å². The molecule has 0 spiro atoms. The third-order valence-electron chi connectivity index (χ3n) is 6.33. The Morgan fingerprint density at radius 2 is 0.571 bits per heavy atom. The van der Waals surface area contributed by atoms with Crippen LogP contribution >= 0.6 is 0 Å². The SMILES string of the molecule is CCCCCCCCCCCCC(N)C(N)CCCCCCCCCCCC. The van der Waals surface area contributed by atoms with Crippen LogP contribution in [0.25, 0.3) is 0 Å². The first-order valence-corrected chi connectivity index (χ1v) is 13.2. The van der Waals surface area contributed by atoms with Crippen molar-refractivity contribution in [3.8, 4) is 0 Å². The number of rotatable bonds is 23. The van der Waals surface area contributed by atoms with E-state index < -0.39 is 0 Å². The Hall–Kier alpha value is -0.0800. The fraction of sp³-hybridized carbons (Fsp3) is 1.00. The van der Waals surface area contributed by atoms with Crippen molar-refractivity contribution in [1.29, 1.82) is 0 Å². The first-order valence-electron chi connectivity index (χ1n) is 13.2. The highest BCUT2D eigenvalue weighted by molar-refractivity contribution is 4.75. The molecule has 4 N–H and O–H groups in total. The van der Waals surface area contributed by atoms with E-state index in [0.717, 1.165) is 12.8 Å². The third kappa shape index (κ3) is 20.6. The van der Waals surface area contributed by atoms with Gasteiger partial charge in [0.2, 0.25) is 0 Å². The summed E-state index contributed by atoms with van der Waals surface area (Å²) in [4.78, 5) is 0. The van der Waals surface area contributed by atoms with Crippen LogP contribution in [0.4, 0.5) is 0 Å². The smallest absolute Gasteiger partial charge is 0.0192 e. The van der Waals surface area contributed by atoms with Gasteiger partial charge in [-0.2, -0.15) is 0 Å². The second-order valence-corrected chi connectivity index (χ2v) is 9.27. The molecule has 170 valence electrons. The van der Waals surface area contributed by atoms with E-state index >= 15 is 0 Å². The lowest BCUT2D eigenvalue weighted by Gasteiger charge is -2.19. The minimum Gasteiger partial charge on any atom is -0.326 e. The van der Waals surface area contributed by atoms with Crippen molar-refractivity contribution in [1.82, 2.24) is 0 Å². The summed E-state index contributed by atoms with van der Waals surface area (Å²) in [5.74, 6) is 0. The second kappa shape index (κ2) is 23.2. The topological polar surface area (TPSA) is 52.0 Å². The zero-order valence-corrected chi connectivity index (χ0v) is 19.9. The van der Waals surface area contributed by atoms with E-state index in [9.17, 15) is 0 Å². The third-order valence-corrected chi connectivity index (χ3v) is 6.33. The number of hydrogen-bond acceptors (Lipinski definition) is 2. The van der Waals surface area contributed by atoms with Gasteiger partial charge < -0.3 is 11.5 Å². The quantitative estimate of drug-likeness (QED) is 0.171. The molecule has 0 saturated carbocycles. The highest BCUT2D eigenvalue weighted by atomic mass is 14.8. The lowest BCUT2D eigenvalue weighted by molar-refractivity contribution is 0.428. The Labute approximate surface area is 179 Å². The van der Waals surface area contributed by atoms with Crippen LogP contribution in [-0.4, -0.2) is 12.1 Å². The average molecular weight is 397 g/mol. The zero-order valence-electron chi connectivity index (χ0n) is 19.9. The molecule has 0 aromatic heterocycles. The summed E-state index contributed by atoms with van der Waals surface area (Å²) < 4.78 is 0. The fourth-order valence-electron chi connectivity index (χ4n) is 4.16. The zero-order chi connectivity index (χ0) is 20.7. The second-order valence-electron chi connectivity index (χ2n) is 9.27. The Balaban J connectivity index is 3.30. The van der Waals surface area contributed by atoms with Gasteiger partial charge in [-0.3, -0.25) is 0 Å². The van der Waals surface area contributed by atoms with Crippen molar-refractivity contribution in [2.24, 2.45) is 11.5 Å². The molecule has 2 unspecified atom stereocenters. The Kier molecular flexibility index (Phi) is 23.1. The molecule has 0 saturated heterocycles. The maximum Gasteiger partial charge on any atom is 0.0192 e. The van der Waals surface area contributed by atoms with Crippen LogP contribution in [0.3, 0.4) is 0 Å². The van der Waals surface area contributed by atoms with Gasteiger partial charge >= 0.3 is 0 Å². The van der Waals surface area contributed by atoms with Crippen LogP contribution in [0.2, 0.25) is 0 Å². The number of unbranched alkanes of at least 4 members (excludes halogenated alkanes) is 18. The van der Waals surface area contributed by atoms with Crippen LogP contribution in [0.5, 0.6) is 0 Å². The van der Waals surface area contributed by atoms with E-state index in [1.54, 1.807) is 0 Å². The maximum absolute atomic E-state index is 6.32. The summed E-state index contributed by atoms with van der Waals surface area (Å²) in [6.45, 7) is 4.57. The molecule has 0 fully saturated rings. The van der Waals surface area contributed by atoms with Crippen molar-refractivity contribution in [3.05, 3.63) is 0 Å². The van der Waals surface area contributed by atoms with E-state index in [-0.39, 0.29) is 12.1 Å². The van der Waals surface area contributed by atoms with E-state index in [1.165, 1.54) is 128 Å². The molecule has 0 rings (SSSR count).